The van der Waals surface area contributed by atoms with E-state index in [-0.39, 0.29) is 6.04 Å². The molecular weight excluding hydrogens is 186 g/mol. The third kappa shape index (κ3) is 2.92. The van der Waals surface area contributed by atoms with E-state index in [1.165, 1.54) is 6.42 Å². The van der Waals surface area contributed by atoms with Gasteiger partial charge >= 0.3 is 0 Å². The Balaban J connectivity index is 2.89. The maximum absolute atomic E-state index is 10.4. The van der Waals surface area contributed by atoms with Gasteiger partial charge in [0.05, 0.1) is 6.04 Å². The molecule has 15 heavy (non-hydrogen) atoms. The van der Waals surface area contributed by atoms with Gasteiger partial charge in [-0.05, 0) is 36.0 Å². The normalized spacial score (nSPS) is 34.9. The number of hydrogen-bond acceptors (Lipinski definition) is 2. The number of nitrogens with zero attached hydrogens (tertiary/aromatic N) is 1. The predicted octanol–water partition coefficient (Wildman–Crippen LogP) is 3.56. The van der Waals surface area contributed by atoms with Crippen molar-refractivity contribution in [1.82, 2.24) is 0 Å². The summed E-state index contributed by atoms with van der Waals surface area (Å²) in [6.07, 6.45) is 5.00. The van der Waals surface area contributed by atoms with E-state index in [9.17, 15) is 4.79 Å². The molecule has 0 aliphatic heterocycles. The number of carbonyl (C=O) groups excluding carboxylic acids is 1. The molecule has 86 valence electrons. The highest BCUT2D eigenvalue weighted by molar-refractivity contribution is 5.33. The number of aliphatic imine (C=N–C) groups is 1. The molecule has 0 aromatic carbocycles. The fourth-order valence-corrected chi connectivity index (χ4v) is 3.09. The van der Waals surface area contributed by atoms with Crippen molar-refractivity contribution in [2.45, 2.75) is 59.9 Å². The van der Waals surface area contributed by atoms with Gasteiger partial charge in [-0.2, -0.15) is 0 Å². The first-order valence-electron chi connectivity index (χ1n) is 5.86. The highest BCUT2D eigenvalue weighted by Crippen LogP contribution is 2.50. The van der Waals surface area contributed by atoms with Crippen LogP contribution in [0.2, 0.25) is 0 Å². The van der Waals surface area contributed by atoms with E-state index < -0.39 is 0 Å². The fourth-order valence-electron chi connectivity index (χ4n) is 3.09. The van der Waals surface area contributed by atoms with Crippen LogP contribution in [-0.2, 0) is 4.79 Å². The van der Waals surface area contributed by atoms with Crippen LogP contribution >= 0.6 is 0 Å². The third-order valence-electron chi connectivity index (χ3n) is 4.00. The molecule has 0 aromatic rings. The van der Waals surface area contributed by atoms with Gasteiger partial charge in [0.15, 0.2) is 0 Å². The SMILES string of the molecule is CC(C)C1(C)CC(N=C=O)CC(C)(C)C1. The molecule has 0 bridgehead atoms. The Labute approximate surface area is 93.2 Å². The highest BCUT2D eigenvalue weighted by atomic mass is 16.1. The smallest absolute Gasteiger partial charge is 0.211 e. The monoisotopic (exact) mass is 209 g/mol. The molecule has 1 aliphatic rings. The lowest BCUT2D eigenvalue weighted by Crippen LogP contribution is -2.40. The van der Waals surface area contributed by atoms with Crippen LogP contribution in [0.15, 0.2) is 4.99 Å². The van der Waals surface area contributed by atoms with E-state index in [1.807, 2.05) is 0 Å². The lowest BCUT2D eigenvalue weighted by atomic mass is 9.59. The van der Waals surface area contributed by atoms with Crippen molar-refractivity contribution in [2.24, 2.45) is 21.7 Å². The minimum atomic E-state index is 0.179. The topological polar surface area (TPSA) is 29.4 Å². The molecular formula is C13H23NO. The zero-order valence-corrected chi connectivity index (χ0v) is 10.6. The standard InChI is InChI=1S/C13H23NO/c1-10(2)13(5)7-11(14-9-15)6-12(3,4)8-13/h10-11H,6-8H2,1-5H3. The molecule has 2 nitrogen and oxygen atoms in total. The maximum atomic E-state index is 10.4. The molecule has 0 N–H and O–H groups in total. The van der Waals surface area contributed by atoms with Crippen LogP contribution in [0.1, 0.15) is 53.9 Å². The van der Waals surface area contributed by atoms with Gasteiger partial charge in [0, 0.05) is 0 Å². The molecule has 1 fully saturated rings. The average Bonchev–Trinajstić information content (AvgIpc) is 2.00. The van der Waals surface area contributed by atoms with Crippen LogP contribution < -0.4 is 0 Å². The van der Waals surface area contributed by atoms with Crippen molar-refractivity contribution in [3.05, 3.63) is 0 Å². The van der Waals surface area contributed by atoms with Crippen LogP contribution in [0.25, 0.3) is 0 Å². The minimum Gasteiger partial charge on any atom is -0.211 e. The van der Waals surface area contributed by atoms with Crippen molar-refractivity contribution in [2.75, 3.05) is 0 Å². The molecule has 0 saturated heterocycles. The number of isocyanates is 1. The van der Waals surface area contributed by atoms with Crippen LogP contribution in [0, 0.1) is 16.7 Å². The second kappa shape index (κ2) is 4.09. The summed E-state index contributed by atoms with van der Waals surface area (Å²) < 4.78 is 0. The zero-order valence-electron chi connectivity index (χ0n) is 10.6. The first kappa shape index (κ1) is 12.4. The quantitative estimate of drug-likeness (QED) is 0.505. The predicted molar refractivity (Wildman–Crippen MR) is 62.5 cm³/mol. The number of rotatable bonds is 2. The Hall–Kier alpha value is -0.620. The van der Waals surface area contributed by atoms with Crippen LogP contribution in [0.4, 0.5) is 0 Å². The summed E-state index contributed by atoms with van der Waals surface area (Å²) in [6.45, 7) is 11.4. The summed E-state index contributed by atoms with van der Waals surface area (Å²) in [6, 6.07) is 0.179. The molecule has 2 heteroatoms. The molecule has 0 radical (unpaired) electrons. The third-order valence-corrected chi connectivity index (χ3v) is 4.00. The summed E-state index contributed by atoms with van der Waals surface area (Å²) >= 11 is 0. The lowest BCUT2D eigenvalue weighted by molar-refractivity contribution is 0.0450. The molecule has 0 aromatic heterocycles. The van der Waals surface area contributed by atoms with E-state index in [0.29, 0.717) is 16.7 Å². The second-order valence-electron chi connectivity index (χ2n) is 6.43. The van der Waals surface area contributed by atoms with Crippen LogP contribution in [0.5, 0.6) is 0 Å². The van der Waals surface area contributed by atoms with Gasteiger partial charge in [0.2, 0.25) is 6.08 Å². The summed E-state index contributed by atoms with van der Waals surface area (Å²) in [5, 5.41) is 0. The van der Waals surface area contributed by atoms with Gasteiger partial charge in [-0.1, -0.05) is 34.6 Å². The van der Waals surface area contributed by atoms with E-state index >= 15 is 0 Å². The minimum absolute atomic E-state index is 0.179. The molecule has 1 aliphatic carbocycles. The average molecular weight is 209 g/mol. The van der Waals surface area contributed by atoms with Crippen molar-refractivity contribution in [3.8, 4) is 0 Å². The lowest BCUT2D eigenvalue weighted by Gasteiger charge is -2.47. The Morgan fingerprint density at radius 2 is 1.87 bits per heavy atom. The van der Waals surface area contributed by atoms with E-state index in [1.54, 1.807) is 6.08 Å². The first-order valence-corrected chi connectivity index (χ1v) is 5.86. The molecule has 1 rings (SSSR count). The van der Waals surface area contributed by atoms with E-state index in [0.717, 1.165) is 12.8 Å². The van der Waals surface area contributed by atoms with Crippen molar-refractivity contribution < 1.29 is 4.79 Å². The second-order valence-corrected chi connectivity index (χ2v) is 6.43. The first-order chi connectivity index (χ1) is 6.79. The van der Waals surface area contributed by atoms with Crippen molar-refractivity contribution in [3.63, 3.8) is 0 Å². The summed E-state index contributed by atoms with van der Waals surface area (Å²) in [5.41, 5.74) is 0.606. The molecule has 0 amide bonds. The van der Waals surface area contributed by atoms with Gasteiger partial charge < -0.3 is 0 Å². The molecule has 1 saturated carbocycles. The van der Waals surface area contributed by atoms with Gasteiger partial charge in [0.1, 0.15) is 0 Å². The van der Waals surface area contributed by atoms with Gasteiger partial charge in [-0.25, -0.2) is 9.79 Å². The Kier molecular flexibility index (Phi) is 3.40. The van der Waals surface area contributed by atoms with Crippen LogP contribution in [-0.4, -0.2) is 12.1 Å². The molecule has 2 unspecified atom stereocenters. The summed E-state index contributed by atoms with van der Waals surface area (Å²) in [5.74, 6) is 0.640. The summed E-state index contributed by atoms with van der Waals surface area (Å²) in [4.78, 5) is 14.3. The summed E-state index contributed by atoms with van der Waals surface area (Å²) in [7, 11) is 0. The maximum Gasteiger partial charge on any atom is 0.235 e. The van der Waals surface area contributed by atoms with Crippen molar-refractivity contribution >= 4 is 6.08 Å². The van der Waals surface area contributed by atoms with Gasteiger partial charge in [0.25, 0.3) is 0 Å². The largest absolute Gasteiger partial charge is 0.235 e. The Bertz CT molecular complexity index is 276. The van der Waals surface area contributed by atoms with Gasteiger partial charge in [-0.15, -0.1) is 0 Å². The van der Waals surface area contributed by atoms with E-state index in [2.05, 4.69) is 39.6 Å². The van der Waals surface area contributed by atoms with Gasteiger partial charge in [-0.3, -0.25) is 0 Å². The molecule has 2 atom stereocenters. The van der Waals surface area contributed by atoms with E-state index in [4.69, 9.17) is 0 Å². The highest BCUT2D eigenvalue weighted by Gasteiger charge is 2.42. The Morgan fingerprint density at radius 1 is 1.27 bits per heavy atom. The van der Waals surface area contributed by atoms with Crippen LogP contribution in [0.3, 0.4) is 0 Å². The molecule has 0 spiro atoms. The number of hydrogen-bond donors (Lipinski definition) is 0. The Morgan fingerprint density at radius 3 is 2.33 bits per heavy atom. The van der Waals surface area contributed by atoms with Crippen molar-refractivity contribution in [1.29, 1.82) is 0 Å². The molecule has 0 heterocycles. The fraction of sp³-hybridized carbons (Fsp3) is 0.923. The zero-order chi connectivity index (χ0) is 11.7.